The number of aromatic nitrogens is 2. The number of amides is 1. The van der Waals surface area contributed by atoms with Gasteiger partial charge in [-0.2, -0.15) is 5.10 Å². The van der Waals surface area contributed by atoms with E-state index in [2.05, 4.69) is 20.8 Å². The van der Waals surface area contributed by atoms with Crippen LogP contribution in [0.2, 0.25) is 0 Å². The van der Waals surface area contributed by atoms with Crippen LogP contribution in [0.4, 0.5) is 0 Å². The average Bonchev–Trinajstić information content (AvgIpc) is 2.97. The Hall–Kier alpha value is -1.11. The molecule has 1 saturated carbocycles. The summed E-state index contributed by atoms with van der Waals surface area (Å²) >= 11 is 0. The van der Waals surface area contributed by atoms with Gasteiger partial charge in [-0.1, -0.05) is 19.3 Å². The van der Waals surface area contributed by atoms with Gasteiger partial charge in [0.2, 0.25) is 0 Å². The van der Waals surface area contributed by atoms with E-state index >= 15 is 0 Å². The second kappa shape index (κ2) is 7.94. The summed E-state index contributed by atoms with van der Waals surface area (Å²) in [7, 11) is 0. The Labute approximate surface area is 136 Å². The number of aliphatic hydroxyl groups excluding tert-OH is 1. The first-order chi connectivity index (χ1) is 10.3. The van der Waals surface area contributed by atoms with Gasteiger partial charge in [0.25, 0.3) is 5.91 Å². The Kier molecular flexibility index (Phi) is 6.23. The lowest BCUT2D eigenvalue weighted by molar-refractivity contribution is 0.0735. The number of nitrogens with one attached hydrogen (secondary N) is 3. The van der Waals surface area contributed by atoms with Crippen LogP contribution in [0.5, 0.6) is 0 Å². The van der Waals surface area contributed by atoms with E-state index < -0.39 is 6.10 Å². The molecule has 4 N–H and O–H groups in total. The second-order valence-corrected chi connectivity index (χ2v) is 6.13. The first-order valence-corrected chi connectivity index (χ1v) is 7.99. The first-order valence-electron chi connectivity index (χ1n) is 7.99. The minimum absolute atomic E-state index is 0. The van der Waals surface area contributed by atoms with Crippen LogP contribution in [-0.4, -0.2) is 40.4 Å². The standard InChI is InChI=1S/C15H24N4O2.ClH/c20-13(10-4-2-1-3-5-10)9-17-15(21)14-11-8-16-7-6-12(11)18-19-14;/h10,13,16,20H,1-9H2,(H,17,21)(H,18,19);1H. The SMILES string of the molecule is Cl.O=C(NCC(O)C1CCCCC1)c1n[nH]c2c1CNCC2. The highest BCUT2D eigenvalue weighted by Gasteiger charge is 2.24. The maximum absolute atomic E-state index is 12.2. The first kappa shape index (κ1) is 17.2. The van der Waals surface area contributed by atoms with E-state index in [1.54, 1.807) is 0 Å². The average molecular weight is 329 g/mol. The fourth-order valence-electron chi connectivity index (χ4n) is 3.38. The molecule has 2 aliphatic rings. The summed E-state index contributed by atoms with van der Waals surface area (Å²) in [6.45, 7) is 1.91. The fraction of sp³-hybridized carbons (Fsp3) is 0.733. The van der Waals surface area contributed by atoms with Crippen LogP contribution in [0.15, 0.2) is 0 Å². The molecule has 1 fully saturated rings. The maximum Gasteiger partial charge on any atom is 0.272 e. The number of hydrogen-bond donors (Lipinski definition) is 4. The van der Waals surface area contributed by atoms with Crippen molar-refractivity contribution in [3.8, 4) is 0 Å². The Morgan fingerprint density at radius 3 is 2.91 bits per heavy atom. The van der Waals surface area contributed by atoms with Gasteiger partial charge >= 0.3 is 0 Å². The van der Waals surface area contributed by atoms with E-state index in [-0.39, 0.29) is 18.3 Å². The van der Waals surface area contributed by atoms with E-state index in [9.17, 15) is 9.90 Å². The Morgan fingerprint density at radius 1 is 1.36 bits per heavy atom. The van der Waals surface area contributed by atoms with Crippen molar-refractivity contribution in [2.45, 2.75) is 51.2 Å². The summed E-state index contributed by atoms with van der Waals surface area (Å²) in [6, 6.07) is 0. The number of carbonyl (C=O) groups is 1. The van der Waals surface area contributed by atoms with E-state index in [0.717, 1.165) is 37.1 Å². The van der Waals surface area contributed by atoms with Gasteiger partial charge in [0.1, 0.15) is 0 Å². The van der Waals surface area contributed by atoms with Crippen molar-refractivity contribution in [2.75, 3.05) is 13.1 Å². The quantitative estimate of drug-likeness (QED) is 0.667. The molecule has 1 amide bonds. The van der Waals surface area contributed by atoms with Crippen LogP contribution in [0.25, 0.3) is 0 Å². The van der Waals surface area contributed by atoms with E-state index in [1.807, 2.05) is 0 Å². The number of fused-ring (bicyclic) bond motifs is 1. The zero-order valence-electron chi connectivity index (χ0n) is 12.7. The fourth-order valence-corrected chi connectivity index (χ4v) is 3.38. The van der Waals surface area contributed by atoms with Gasteiger partial charge in [0, 0.05) is 37.3 Å². The topological polar surface area (TPSA) is 90.0 Å². The van der Waals surface area contributed by atoms with Crippen molar-refractivity contribution in [1.29, 1.82) is 0 Å². The van der Waals surface area contributed by atoms with Crippen molar-refractivity contribution in [2.24, 2.45) is 5.92 Å². The number of halogens is 1. The Bertz CT molecular complexity index is 500. The molecule has 3 rings (SSSR count). The molecular formula is C15H25ClN4O2. The van der Waals surface area contributed by atoms with Crippen LogP contribution in [0, 0.1) is 5.92 Å². The molecule has 124 valence electrons. The summed E-state index contributed by atoms with van der Waals surface area (Å²) in [5.41, 5.74) is 2.48. The zero-order chi connectivity index (χ0) is 14.7. The second-order valence-electron chi connectivity index (χ2n) is 6.13. The van der Waals surface area contributed by atoms with Gasteiger partial charge < -0.3 is 15.7 Å². The molecule has 0 aromatic carbocycles. The molecule has 1 aromatic rings. The third-order valence-corrected chi connectivity index (χ3v) is 4.69. The van der Waals surface area contributed by atoms with Crippen LogP contribution in [-0.2, 0) is 13.0 Å². The number of H-pyrrole nitrogens is 1. The molecule has 2 heterocycles. The molecule has 22 heavy (non-hydrogen) atoms. The normalized spacial score (nSPS) is 19.9. The molecule has 1 unspecified atom stereocenters. The minimum atomic E-state index is -0.442. The molecule has 1 atom stereocenters. The van der Waals surface area contributed by atoms with Crippen LogP contribution < -0.4 is 10.6 Å². The summed E-state index contributed by atoms with van der Waals surface area (Å²) in [6.07, 6.45) is 6.21. The van der Waals surface area contributed by atoms with Gasteiger partial charge in [-0.3, -0.25) is 9.89 Å². The zero-order valence-corrected chi connectivity index (χ0v) is 13.5. The van der Waals surface area contributed by atoms with Crippen molar-refractivity contribution in [1.82, 2.24) is 20.8 Å². The number of hydrogen-bond acceptors (Lipinski definition) is 4. The van der Waals surface area contributed by atoms with Gasteiger partial charge in [0.15, 0.2) is 5.69 Å². The molecule has 1 aliphatic heterocycles. The van der Waals surface area contributed by atoms with Crippen LogP contribution >= 0.6 is 12.4 Å². The highest BCUT2D eigenvalue weighted by Crippen LogP contribution is 2.26. The highest BCUT2D eigenvalue weighted by molar-refractivity contribution is 5.94. The van der Waals surface area contributed by atoms with Crippen LogP contribution in [0.3, 0.4) is 0 Å². The number of nitrogens with zero attached hydrogens (tertiary/aromatic N) is 1. The molecule has 7 heteroatoms. The molecule has 0 saturated heterocycles. The third-order valence-electron chi connectivity index (χ3n) is 4.69. The third kappa shape index (κ3) is 3.80. The summed E-state index contributed by atoms with van der Waals surface area (Å²) < 4.78 is 0. The van der Waals surface area contributed by atoms with Crippen molar-refractivity contribution in [3.63, 3.8) is 0 Å². The van der Waals surface area contributed by atoms with E-state index in [4.69, 9.17) is 0 Å². The predicted octanol–water partition coefficient (Wildman–Crippen LogP) is 1.15. The smallest absolute Gasteiger partial charge is 0.272 e. The van der Waals surface area contributed by atoms with E-state index in [1.165, 1.54) is 19.3 Å². The van der Waals surface area contributed by atoms with Crippen molar-refractivity contribution >= 4 is 18.3 Å². The maximum atomic E-state index is 12.2. The van der Waals surface area contributed by atoms with E-state index in [0.29, 0.717) is 24.7 Å². The molecule has 1 aromatic heterocycles. The van der Waals surface area contributed by atoms with Gasteiger partial charge in [-0.25, -0.2) is 0 Å². The molecule has 0 spiro atoms. The van der Waals surface area contributed by atoms with Crippen molar-refractivity contribution < 1.29 is 9.90 Å². The van der Waals surface area contributed by atoms with Gasteiger partial charge in [-0.05, 0) is 18.8 Å². The molecular weight excluding hydrogens is 304 g/mol. The monoisotopic (exact) mass is 328 g/mol. The molecule has 0 radical (unpaired) electrons. The summed E-state index contributed by atoms with van der Waals surface area (Å²) in [5, 5.41) is 23.4. The number of rotatable bonds is 4. The Balaban J connectivity index is 0.00000176. The number of aromatic amines is 1. The van der Waals surface area contributed by atoms with Crippen molar-refractivity contribution in [3.05, 3.63) is 17.0 Å². The lowest BCUT2D eigenvalue weighted by Crippen LogP contribution is -2.37. The number of carbonyl (C=O) groups excluding carboxylic acids is 1. The van der Waals surface area contributed by atoms with Crippen LogP contribution in [0.1, 0.15) is 53.8 Å². The predicted molar refractivity (Wildman–Crippen MR) is 86.2 cm³/mol. The summed E-state index contributed by atoms with van der Waals surface area (Å²) in [5.74, 6) is 0.139. The number of aliphatic hydroxyl groups is 1. The minimum Gasteiger partial charge on any atom is -0.391 e. The molecule has 0 bridgehead atoms. The largest absolute Gasteiger partial charge is 0.391 e. The lowest BCUT2D eigenvalue weighted by atomic mass is 9.85. The Morgan fingerprint density at radius 2 is 2.14 bits per heavy atom. The van der Waals surface area contributed by atoms with Gasteiger partial charge in [0.05, 0.1) is 6.10 Å². The molecule has 6 nitrogen and oxygen atoms in total. The summed E-state index contributed by atoms with van der Waals surface area (Å²) in [4.78, 5) is 12.2. The van der Waals surface area contributed by atoms with Gasteiger partial charge in [-0.15, -0.1) is 12.4 Å². The lowest BCUT2D eigenvalue weighted by Gasteiger charge is -2.26. The highest BCUT2D eigenvalue weighted by atomic mass is 35.5. The molecule has 1 aliphatic carbocycles.